The molecule has 0 saturated heterocycles. The van der Waals surface area contributed by atoms with Crippen molar-refractivity contribution in [2.75, 3.05) is 5.32 Å². The summed E-state index contributed by atoms with van der Waals surface area (Å²) in [6.45, 7) is 1.97. The Hall–Kier alpha value is -1.35. The number of carbonyl (C=O) groups excluding carboxylic acids is 1. The Balaban J connectivity index is 1.57. The molecule has 2 saturated carbocycles. The van der Waals surface area contributed by atoms with Crippen molar-refractivity contribution in [1.29, 1.82) is 0 Å². The first-order chi connectivity index (χ1) is 10.6. The summed E-state index contributed by atoms with van der Waals surface area (Å²) in [6.07, 6.45) is 8.86. The maximum absolute atomic E-state index is 12.5. The third kappa shape index (κ3) is 3.52. The number of amides is 1. The lowest BCUT2D eigenvalue weighted by Gasteiger charge is -2.38. The van der Waals surface area contributed by atoms with Crippen LogP contribution in [0.2, 0.25) is 0 Å². The Morgan fingerprint density at radius 1 is 1.09 bits per heavy atom. The number of nitrogens with one attached hydrogen (secondary N) is 1. The van der Waals surface area contributed by atoms with Gasteiger partial charge in [-0.25, -0.2) is 0 Å². The number of nitrogens with two attached hydrogens (primary N) is 1. The van der Waals surface area contributed by atoms with Gasteiger partial charge in [-0.05, 0) is 55.7 Å². The molecule has 0 spiro atoms. The van der Waals surface area contributed by atoms with Crippen LogP contribution in [-0.4, -0.2) is 5.91 Å². The number of fused-ring (bicyclic) bond motifs is 1. The number of anilines is 1. The topological polar surface area (TPSA) is 55.1 Å². The first-order valence-electron chi connectivity index (χ1n) is 8.80. The van der Waals surface area contributed by atoms with Crippen LogP contribution in [0, 0.1) is 17.8 Å². The van der Waals surface area contributed by atoms with Gasteiger partial charge in [0.05, 0.1) is 0 Å². The molecule has 0 aromatic heterocycles. The molecule has 120 valence electrons. The minimum Gasteiger partial charge on any atom is -0.326 e. The van der Waals surface area contributed by atoms with Crippen molar-refractivity contribution in [3.8, 4) is 0 Å². The van der Waals surface area contributed by atoms with E-state index in [0.29, 0.717) is 0 Å². The van der Waals surface area contributed by atoms with Gasteiger partial charge in [0.25, 0.3) is 0 Å². The molecule has 2 aliphatic rings. The van der Waals surface area contributed by atoms with Crippen molar-refractivity contribution >= 4 is 11.6 Å². The van der Waals surface area contributed by atoms with Gasteiger partial charge in [0.15, 0.2) is 0 Å². The fourth-order valence-corrected chi connectivity index (χ4v) is 4.23. The molecular formula is C19H28N2O. The Kier molecular flexibility index (Phi) is 4.82. The highest BCUT2D eigenvalue weighted by atomic mass is 16.1. The summed E-state index contributed by atoms with van der Waals surface area (Å²) >= 11 is 0. The smallest absolute Gasteiger partial charge is 0.227 e. The van der Waals surface area contributed by atoms with E-state index in [9.17, 15) is 4.79 Å². The lowest BCUT2D eigenvalue weighted by atomic mass is 9.67. The molecule has 0 heterocycles. The largest absolute Gasteiger partial charge is 0.326 e. The first kappa shape index (κ1) is 15.5. The molecule has 0 aliphatic heterocycles. The van der Waals surface area contributed by atoms with E-state index in [0.717, 1.165) is 35.9 Å². The molecular weight excluding hydrogens is 272 g/mol. The highest BCUT2D eigenvalue weighted by Gasteiger charge is 2.34. The van der Waals surface area contributed by atoms with E-state index in [2.05, 4.69) is 5.32 Å². The SMILES string of the molecule is CC(N)c1ccc(NC(=O)C2CCC3CCCCC3C2)cc1. The third-order valence-corrected chi connectivity index (χ3v) is 5.61. The van der Waals surface area contributed by atoms with Gasteiger partial charge in [-0.2, -0.15) is 0 Å². The molecule has 22 heavy (non-hydrogen) atoms. The predicted molar refractivity (Wildman–Crippen MR) is 90.5 cm³/mol. The quantitative estimate of drug-likeness (QED) is 0.876. The number of benzene rings is 1. The van der Waals surface area contributed by atoms with Crippen LogP contribution in [0.5, 0.6) is 0 Å². The lowest BCUT2D eigenvalue weighted by molar-refractivity contribution is -0.122. The lowest BCUT2D eigenvalue weighted by Crippen LogP contribution is -2.33. The van der Waals surface area contributed by atoms with Gasteiger partial charge in [0.1, 0.15) is 0 Å². The summed E-state index contributed by atoms with van der Waals surface area (Å²) < 4.78 is 0. The number of rotatable bonds is 3. The van der Waals surface area contributed by atoms with Crippen LogP contribution in [0.25, 0.3) is 0 Å². The minimum atomic E-state index is 0.0336. The molecule has 4 atom stereocenters. The number of hydrogen-bond acceptors (Lipinski definition) is 2. The van der Waals surface area contributed by atoms with Crippen LogP contribution in [0.15, 0.2) is 24.3 Å². The molecule has 2 fully saturated rings. The second-order valence-corrected chi connectivity index (χ2v) is 7.21. The molecule has 4 unspecified atom stereocenters. The number of hydrogen-bond donors (Lipinski definition) is 2. The normalized spacial score (nSPS) is 29.5. The molecule has 1 aromatic rings. The van der Waals surface area contributed by atoms with E-state index in [1.807, 2.05) is 31.2 Å². The van der Waals surface area contributed by atoms with Gasteiger partial charge in [-0.1, -0.05) is 37.8 Å². The Morgan fingerprint density at radius 2 is 1.77 bits per heavy atom. The maximum Gasteiger partial charge on any atom is 0.227 e. The molecule has 1 aromatic carbocycles. The van der Waals surface area contributed by atoms with E-state index in [1.54, 1.807) is 0 Å². The van der Waals surface area contributed by atoms with Crippen LogP contribution in [0.1, 0.15) is 63.5 Å². The Labute approximate surface area is 133 Å². The monoisotopic (exact) mass is 300 g/mol. The molecule has 3 N–H and O–H groups in total. The average Bonchev–Trinajstić information content (AvgIpc) is 2.55. The highest BCUT2D eigenvalue weighted by Crippen LogP contribution is 2.42. The summed E-state index contributed by atoms with van der Waals surface area (Å²) in [5.41, 5.74) is 7.84. The molecule has 1 amide bonds. The first-order valence-corrected chi connectivity index (χ1v) is 8.80. The fraction of sp³-hybridized carbons (Fsp3) is 0.632. The summed E-state index contributed by atoms with van der Waals surface area (Å²) in [5, 5.41) is 3.09. The van der Waals surface area contributed by atoms with Crippen LogP contribution < -0.4 is 11.1 Å². The molecule has 0 bridgehead atoms. The van der Waals surface area contributed by atoms with E-state index in [-0.39, 0.29) is 17.9 Å². The average molecular weight is 300 g/mol. The molecule has 0 radical (unpaired) electrons. The van der Waals surface area contributed by atoms with Crippen molar-refractivity contribution < 1.29 is 4.79 Å². The van der Waals surface area contributed by atoms with Gasteiger partial charge >= 0.3 is 0 Å². The minimum absolute atomic E-state index is 0.0336. The zero-order valence-electron chi connectivity index (χ0n) is 13.6. The van der Waals surface area contributed by atoms with Crippen LogP contribution in [-0.2, 0) is 4.79 Å². The van der Waals surface area contributed by atoms with Crippen LogP contribution in [0.3, 0.4) is 0 Å². The van der Waals surface area contributed by atoms with Crippen LogP contribution in [0.4, 0.5) is 5.69 Å². The van der Waals surface area contributed by atoms with Crippen molar-refractivity contribution in [2.24, 2.45) is 23.5 Å². The second-order valence-electron chi connectivity index (χ2n) is 7.21. The standard InChI is InChI=1S/C19H28N2O/c1-13(20)14-8-10-18(11-9-14)21-19(22)17-7-6-15-4-2-3-5-16(15)12-17/h8-11,13,15-17H,2-7,12,20H2,1H3,(H,21,22). The van der Waals surface area contributed by atoms with Crippen molar-refractivity contribution in [3.05, 3.63) is 29.8 Å². The summed E-state index contributed by atoms with van der Waals surface area (Å²) in [7, 11) is 0. The maximum atomic E-state index is 12.5. The Morgan fingerprint density at radius 3 is 2.45 bits per heavy atom. The zero-order valence-corrected chi connectivity index (χ0v) is 13.6. The molecule has 3 rings (SSSR count). The van der Waals surface area contributed by atoms with Crippen molar-refractivity contribution in [2.45, 2.75) is 57.9 Å². The van der Waals surface area contributed by atoms with E-state index < -0.39 is 0 Å². The van der Waals surface area contributed by atoms with Crippen molar-refractivity contribution in [1.82, 2.24) is 0 Å². The second kappa shape index (κ2) is 6.82. The van der Waals surface area contributed by atoms with E-state index in [4.69, 9.17) is 5.73 Å². The summed E-state index contributed by atoms with van der Waals surface area (Å²) in [6, 6.07) is 7.95. The Bertz CT molecular complexity index is 509. The molecule has 3 nitrogen and oxygen atoms in total. The van der Waals surface area contributed by atoms with Gasteiger partial charge in [0, 0.05) is 17.6 Å². The fourth-order valence-electron chi connectivity index (χ4n) is 4.23. The van der Waals surface area contributed by atoms with Gasteiger partial charge < -0.3 is 11.1 Å². The van der Waals surface area contributed by atoms with E-state index in [1.165, 1.54) is 32.1 Å². The number of carbonyl (C=O) groups is 1. The van der Waals surface area contributed by atoms with Gasteiger partial charge in [0.2, 0.25) is 5.91 Å². The van der Waals surface area contributed by atoms with Crippen molar-refractivity contribution in [3.63, 3.8) is 0 Å². The third-order valence-electron chi connectivity index (χ3n) is 5.61. The predicted octanol–water partition coefficient (Wildman–Crippen LogP) is 4.25. The summed E-state index contributed by atoms with van der Waals surface area (Å²) in [4.78, 5) is 12.5. The van der Waals surface area contributed by atoms with Crippen LogP contribution >= 0.6 is 0 Å². The van der Waals surface area contributed by atoms with E-state index >= 15 is 0 Å². The van der Waals surface area contributed by atoms with Gasteiger partial charge in [-0.3, -0.25) is 4.79 Å². The summed E-state index contributed by atoms with van der Waals surface area (Å²) in [5.74, 6) is 2.09. The molecule has 3 heteroatoms. The zero-order chi connectivity index (χ0) is 15.5. The highest BCUT2D eigenvalue weighted by molar-refractivity contribution is 5.92. The molecule has 2 aliphatic carbocycles. The van der Waals surface area contributed by atoms with Gasteiger partial charge in [-0.15, -0.1) is 0 Å².